The van der Waals surface area contributed by atoms with Gasteiger partial charge in [-0.25, -0.2) is 0 Å². The predicted octanol–water partition coefficient (Wildman–Crippen LogP) is 3.30. The van der Waals surface area contributed by atoms with Crippen molar-refractivity contribution in [2.45, 2.75) is 31.6 Å². The number of ketones is 1. The third kappa shape index (κ3) is 2.04. The van der Waals surface area contributed by atoms with Crippen LogP contribution in [0.4, 0.5) is 0 Å². The fourth-order valence-electron chi connectivity index (χ4n) is 2.59. The maximum absolute atomic E-state index is 12.1. The topological polar surface area (TPSA) is 65.8 Å². The first-order chi connectivity index (χ1) is 8.19. The maximum Gasteiger partial charge on any atom is 0.143 e. The Morgan fingerprint density at radius 3 is 2.94 bits per heavy atom. The zero-order valence-corrected chi connectivity index (χ0v) is 9.89. The lowest BCUT2D eigenvalue weighted by molar-refractivity contribution is -0.121. The number of carbonyl (C=O) groups is 1. The van der Waals surface area contributed by atoms with Gasteiger partial charge in [-0.1, -0.05) is 34.9 Å². The summed E-state index contributed by atoms with van der Waals surface area (Å²) in [4.78, 5) is 14.9. The van der Waals surface area contributed by atoms with Crippen LogP contribution < -0.4 is 0 Å². The molecule has 0 amide bonds. The van der Waals surface area contributed by atoms with Crippen LogP contribution in [0.5, 0.6) is 0 Å². The highest BCUT2D eigenvalue weighted by Gasteiger charge is 2.42. The van der Waals surface area contributed by atoms with E-state index in [1.165, 1.54) is 0 Å². The average Bonchev–Trinajstić information content (AvgIpc) is 2.69. The zero-order valence-electron chi connectivity index (χ0n) is 9.89. The van der Waals surface area contributed by atoms with Gasteiger partial charge in [0.25, 0.3) is 0 Å². The molecule has 88 valence electrons. The van der Waals surface area contributed by atoms with Gasteiger partial charge in [0.15, 0.2) is 0 Å². The molecule has 0 aliphatic heterocycles. The smallest absolute Gasteiger partial charge is 0.143 e. The third-order valence-electron chi connectivity index (χ3n) is 3.52. The molecule has 0 radical (unpaired) electrons. The van der Waals surface area contributed by atoms with Gasteiger partial charge in [-0.3, -0.25) is 4.79 Å². The summed E-state index contributed by atoms with van der Waals surface area (Å²) in [5, 5.41) is 3.64. The molecule has 1 saturated carbocycles. The summed E-state index contributed by atoms with van der Waals surface area (Å²) in [6.45, 7) is 2.25. The summed E-state index contributed by atoms with van der Waals surface area (Å²) in [6, 6.07) is 7.94. The standard InChI is InChI=1S/C13H15N3O/c1-10-4-2-5-11(8-10)13(9-15-16-14)7-3-6-12(13)17/h2,4-5,8H,3,6-7,9H2,1H3. The Kier molecular flexibility index (Phi) is 3.16. The van der Waals surface area contributed by atoms with Crippen LogP contribution in [0.25, 0.3) is 10.4 Å². The molecular formula is C13H15N3O. The van der Waals surface area contributed by atoms with E-state index in [-0.39, 0.29) is 12.3 Å². The molecular weight excluding hydrogens is 214 g/mol. The molecule has 17 heavy (non-hydrogen) atoms. The summed E-state index contributed by atoms with van der Waals surface area (Å²) in [6.07, 6.45) is 2.26. The van der Waals surface area contributed by atoms with Gasteiger partial charge in [-0.15, -0.1) is 0 Å². The number of carbonyl (C=O) groups excluding carboxylic acids is 1. The number of rotatable bonds is 3. The molecule has 1 aromatic carbocycles. The van der Waals surface area contributed by atoms with E-state index in [4.69, 9.17) is 5.53 Å². The summed E-state index contributed by atoms with van der Waals surface area (Å²) in [7, 11) is 0. The van der Waals surface area contributed by atoms with Crippen LogP contribution in [-0.2, 0) is 10.2 Å². The summed E-state index contributed by atoms with van der Waals surface area (Å²) in [5.41, 5.74) is 10.0. The van der Waals surface area contributed by atoms with Crippen LogP contribution in [0.2, 0.25) is 0 Å². The highest BCUT2D eigenvalue weighted by Crippen LogP contribution is 2.38. The van der Waals surface area contributed by atoms with Gasteiger partial charge in [0.05, 0.1) is 5.41 Å². The highest BCUT2D eigenvalue weighted by molar-refractivity contribution is 5.92. The number of hydrogen-bond donors (Lipinski definition) is 0. The second-order valence-corrected chi connectivity index (χ2v) is 4.62. The van der Waals surface area contributed by atoms with Gasteiger partial charge in [-0.05, 0) is 30.9 Å². The van der Waals surface area contributed by atoms with Crippen LogP contribution in [0.15, 0.2) is 29.4 Å². The van der Waals surface area contributed by atoms with Crippen molar-refractivity contribution in [3.8, 4) is 0 Å². The molecule has 4 nitrogen and oxygen atoms in total. The predicted molar refractivity (Wildman–Crippen MR) is 65.7 cm³/mol. The molecule has 1 fully saturated rings. The molecule has 4 heteroatoms. The Bertz CT molecular complexity index is 491. The minimum atomic E-state index is -0.571. The fraction of sp³-hybridized carbons (Fsp3) is 0.462. The van der Waals surface area contributed by atoms with Crippen molar-refractivity contribution in [1.29, 1.82) is 0 Å². The van der Waals surface area contributed by atoms with E-state index < -0.39 is 5.41 Å². The molecule has 0 heterocycles. The van der Waals surface area contributed by atoms with Crippen molar-refractivity contribution >= 4 is 5.78 Å². The van der Waals surface area contributed by atoms with E-state index in [2.05, 4.69) is 10.0 Å². The number of benzene rings is 1. The summed E-state index contributed by atoms with van der Waals surface area (Å²) < 4.78 is 0. The van der Waals surface area contributed by atoms with Gasteiger partial charge in [0, 0.05) is 17.9 Å². The lowest BCUT2D eigenvalue weighted by atomic mass is 9.77. The van der Waals surface area contributed by atoms with Crippen LogP contribution in [0.3, 0.4) is 0 Å². The average molecular weight is 229 g/mol. The maximum atomic E-state index is 12.1. The normalized spacial score (nSPS) is 23.5. The second-order valence-electron chi connectivity index (χ2n) is 4.62. The molecule has 1 atom stereocenters. The van der Waals surface area contributed by atoms with E-state index in [0.29, 0.717) is 6.42 Å². The first kappa shape index (κ1) is 11.7. The number of Topliss-reactive ketones (excluding diaryl/α,β-unsaturated/α-hetero) is 1. The molecule has 1 unspecified atom stereocenters. The van der Waals surface area contributed by atoms with Crippen molar-refractivity contribution < 1.29 is 4.79 Å². The number of azide groups is 1. The molecule has 2 rings (SSSR count). The minimum absolute atomic E-state index is 0.204. The first-order valence-corrected chi connectivity index (χ1v) is 5.80. The Morgan fingerprint density at radius 1 is 1.53 bits per heavy atom. The zero-order chi connectivity index (χ0) is 12.3. The van der Waals surface area contributed by atoms with Crippen molar-refractivity contribution in [2.75, 3.05) is 6.54 Å². The summed E-state index contributed by atoms with van der Waals surface area (Å²) in [5.74, 6) is 0.204. The SMILES string of the molecule is Cc1cccc(C2(CN=[N+]=[N-])CCCC2=O)c1. The van der Waals surface area contributed by atoms with Gasteiger partial charge >= 0.3 is 0 Å². The lowest BCUT2D eigenvalue weighted by Gasteiger charge is -2.26. The van der Waals surface area contributed by atoms with Gasteiger partial charge in [0.1, 0.15) is 5.78 Å². The first-order valence-electron chi connectivity index (χ1n) is 5.80. The quantitative estimate of drug-likeness (QED) is 0.445. The van der Waals surface area contributed by atoms with Crippen molar-refractivity contribution in [3.63, 3.8) is 0 Å². The Balaban J connectivity index is 2.46. The molecule has 1 aromatic rings. The van der Waals surface area contributed by atoms with E-state index in [1.807, 2.05) is 31.2 Å². The Labute approximate surface area is 100 Å². The van der Waals surface area contributed by atoms with Gasteiger partial charge in [0.2, 0.25) is 0 Å². The second kappa shape index (κ2) is 4.60. The van der Waals surface area contributed by atoms with Crippen LogP contribution in [0.1, 0.15) is 30.4 Å². The van der Waals surface area contributed by atoms with E-state index in [1.54, 1.807) is 0 Å². The monoisotopic (exact) mass is 229 g/mol. The van der Waals surface area contributed by atoms with Crippen molar-refractivity contribution in [2.24, 2.45) is 5.11 Å². The van der Waals surface area contributed by atoms with Gasteiger partial charge in [-0.2, -0.15) is 0 Å². The van der Waals surface area contributed by atoms with Gasteiger partial charge < -0.3 is 0 Å². The van der Waals surface area contributed by atoms with Crippen LogP contribution in [0, 0.1) is 6.92 Å². The van der Waals surface area contributed by atoms with E-state index >= 15 is 0 Å². The third-order valence-corrected chi connectivity index (χ3v) is 3.52. The van der Waals surface area contributed by atoms with Crippen molar-refractivity contribution in [1.82, 2.24) is 0 Å². The fourth-order valence-corrected chi connectivity index (χ4v) is 2.59. The Morgan fingerprint density at radius 2 is 2.35 bits per heavy atom. The molecule has 1 aliphatic carbocycles. The largest absolute Gasteiger partial charge is 0.299 e. The molecule has 0 spiro atoms. The molecule has 0 saturated heterocycles. The molecule has 0 N–H and O–H groups in total. The van der Waals surface area contributed by atoms with Crippen LogP contribution in [-0.4, -0.2) is 12.3 Å². The molecule has 1 aliphatic rings. The number of aryl methyl sites for hydroxylation is 1. The molecule has 0 bridgehead atoms. The number of hydrogen-bond acceptors (Lipinski definition) is 2. The van der Waals surface area contributed by atoms with Crippen LogP contribution >= 0.6 is 0 Å². The number of nitrogens with zero attached hydrogens (tertiary/aromatic N) is 3. The van der Waals surface area contributed by atoms with E-state index in [9.17, 15) is 4.79 Å². The minimum Gasteiger partial charge on any atom is -0.299 e. The highest BCUT2D eigenvalue weighted by atomic mass is 16.1. The summed E-state index contributed by atoms with van der Waals surface area (Å²) >= 11 is 0. The van der Waals surface area contributed by atoms with Crippen molar-refractivity contribution in [3.05, 3.63) is 45.8 Å². The lowest BCUT2D eigenvalue weighted by Crippen LogP contribution is -2.34. The molecule has 0 aromatic heterocycles. The Hall–Kier alpha value is -1.80. The van der Waals surface area contributed by atoms with E-state index in [0.717, 1.165) is 24.0 Å².